The predicted molar refractivity (Wildman–Crippen MR) is 89.1 cm³/mol. The molecule has 4 nitrogen and oxygen atoms in total. The molecule has 0 unspecified atom stereocenters. The van der Waals surface area contributed by atoms with Crippen molar-refractivity contribution in [3.63, 3.8) is 0 Å². The minimum absolute atomic E-state index is 0.307. The lowest BCUT2D eigenvalue weighted by atomic mass is 9.95. The van der Waals surface area contributed by atoms with Crippen LogP contribution in [0.2, 0.25) is 0 Å². The van der Waals surface area contributed by atoms with Crippen molar-refractivity contribution in [2.45, 2.75) is 9.79 Å². The normalized spacial score (nSPS) is 10.2. The molecule has 6 heteroatoms. The van der Waals surface area contributed by atoms with Crippen molar-refractivity contribution in [1.82, 2.24) is 0 Å². The second-order valence-electron chi connectivity index (χ2n) is 4.38. The van der Waals surface area contributed by atoms with E-state index in [0.29, 0.717) is 32.0 Å². The largest absolute Gasteiger partial charge is 0.465 e. The van der Waals surface area contributed by atoms with Gasteiger partial charge in [-0.15, -0.1) is 25.3 Å². The first-order valence-electron chi connectivity index (χ1n) is 6.32. The summed E-state index contributed by atoms with van der Waals surface area (Å²) in [5.41, 5.74) is 1.67. The standard InChI is InChI=1S/C16H14O4S2/c1-19-15(17)10-6-4-3-5-9(10)13-11(16(18)20-2)7-8-12(21)14(13)22/h3-8,21-22H,1-2H3. The summed E-state index contributed by atoms with van der Waals surface area (Å²) in [6.45, 7) is 0. The smallest absolute Gasteiger partial charge is 0.338 e. The summed E-state index contributed by atoms with van der Waals surface area (Å²) in [5, 5.41) is 0. The van der Waals surface area contributed by atoms with E-state index in [-0.39, 0.29) is 0 Å². The summed E-state index contributed by atoms with van der Waals surface area (Å²) in [4.78, 5) is 25.1. The van der Waals surface area contributed by atoms with Gasteiger partial charge in [-0.2, -0.15) is 0 Å². The first-order valence-corrected chi connectivity index (χ1v) is 7.21. The van der Waals surface area contributed by atoms with Gasteiger partial charge in [0.2, 0.25) is 0 Å². The molecule has 0 radical (unpaired) electrons. The Balaban J connectivity index is 2.80. The van der Waals surface area contributed by atoms with E-state index in [2.05, 4.69) is 25.3 Å². The van der Waals surface area contributed by atoms with Crippen LogP contribution >= 0.6 is 25.3 Å². The van der Waals surface area contributed by atoms with Gasteiger partial charge in [0, 0.05) is 15.4 Å². The zero-order valence-corrected chi connectivity index (χ0v) is 13.8. The second kappa shape index (κ2) is 6.89. The molecule has 22 heavy (non-hydrogen) atoms. The maximum Gasteiger partial charge on any atom is 0.338 e. The number of methoxy groups -OCH3 is 2. The van der Waals surface area contributed by atoms with Gasteiger partial charge < -0.3 is 9.47 Å². The number of carbonyl (C=O) groups excluding carboxylic acids is 2. The minimum Gasteiger partial charge on any atom is -0.465 e. The molecule has 0 fully saturated rings. The fourth-order valence-electron chi connectivity index (χ4n) is 2.12. The monoisotopic (exact) mass is 334 g/mol. The minimum atomic E-state index is -0.515. The first-order chi connectivity index (χ1) is 10.5. The molecule has 0 heterocycles. The Hall–Kier alpha value is -1.92. The Morgan fingerprint density at radius 2 is 1.45 bits per heavy atom. The van der Waals surface area contributed by atoms with Crippen molar-refractivity contribution in [1.29, 1.82) is 0 Å². The van der Waals surface area contributed by atoms with Crippen molar-refractivity contribution in [3.8, 4) is 11.1 Å². The van der Waals surface area contributed by atoms with Crippen LogP contribution in [0.1, 0.15) is 20.7 Å². The lowest BCUT2D eigenvalue weighted by Gasteiger charge is -2.15. The van der Waals surface area contributed by atoms with Gasteiger partial charge in [0.1, 0.15) is 0 Å². The van der Waals surface area contributed by atoms with Crippen LogP contribution in [0.4, 0.5) is 0 Å². The fraction of sp³-hybridized carbons (Fsp3) is 0.125. The summed E-state index contributed by atoms with van der Waals surface area (Å²) < 4.78 is 9.60. The number of carbonyl (C=O) groups is 2. The molecule has 0 amide bonds. The highest BCUT2D eigenvalue weighted by molar-refractivity contribution is 7.83. The fourth-order valence-corrected chi connectivity index (χ4v) is 2.62. The molecule has 0 N–H and O–H groups in total. The number of rotatable bonds is 3. The molecule has 0 spiro atoms. The highest BCUT2D eigenvalue weighted by Crippen LogP contribution is 2.36. The van der Waals surface area contributed by atoms with E-state index < -0.39 is 11.9 Å². The summed E-state index contributed by atoms with van der Waals surface area (Å²) in [6.07, 6.45) is 0. The molecule has 0 saturated carbocycles. The molecule has 114 valence electrons. The lowest BCUT2D eigenvalue weighted by Crippen LogP contribution is -2.08. The number of ether oxygens (including phenoxy) is 2. The van der Waals surface area contributed by atoms with Crippen LogP contribution < -0.4 is 0 Å². The predicted octanol–water partition coefficient (Wildman–Crippen LogP) is 3.50. The van der Waals surface area contributed by atoms with Crippen LogP contribution in [0.25, 0.3) is 11.1 Å². The molecule has 0 aliphatic carbocycles. The topological polar surface area (TPSA) is 52.6 Å². The molecule has 2 aromatic carbocycles. The van der Waals surface area contributed by atoms with Gasteiger partial charge in [0.25, 0.3) is 0 Å². The van der Waals surface area contributed by atoms with Gasteiger partial charge in [-0.25, -0.2) is 9.59 Å². The van der Waals surface area contributed by atoms with Crippen molar-refractivity contribution in [3.05, 3.63) is 47.5 Å². The summed E-state index contributed by atoms with van der Waals surface area (Å²) in [5.74, 6) is -1.01. The highest BCUT2D eigenvalue weighted by atomic mass is 32.1. The van der Waals surface area contributed by atoms with Gasteiger partial charge in [0.05, 0.1) is 25.3 Å². The third kappa shape index (κ3) is 2.98. The van der Waals surface area contributed by atoms with E-state index in [1.165, 1.54) is 14.2 Å². The van der Waals surface area contributed by atoms with Crippen molar-refractivity contribution >= 4 is 37.2 Å². The van der Waals surface area contributed by atoms with Gasteiger partial charge >= 0.3 is 11.9 Å². The van der Waals surface area contributed by atoms with Crippen LogP contribution in [0, 0.1) is 0 Å². The molecular formula is C16H14O4S2. The zero-order chi connectivity index (χ0) is 16.3. The van der Waals surface area contributed by atoms with Crippen LogP contribution in [0.5, 0.6) is 0 Å². The van der Waals surface area contributed by atoms with E-state index in [1.807, 2.05) is 0 Å². The quantitative estimate of drug-likeness (QED) is 0.666. The van der Waals surface area contributed by atoms with Gasteiger partial charge in [0.15, 0.2) is 0 Å². The van der Waals surface area contributed by atoms with Gasteiger partial charge in [-0.1, -0.05) is 18.2 Å². The Morgan fingerprint density at radius 1 is 0.864 bits per heavy atom. The number of thiol groups is 2. The molecule has 0 atom stereocenters. The third-order valence-corrected chi connectivity index (χ3v) is 4.18. The van der Waals surface area contributed by atoms with Crippen LogP contribution in [0.3, 0.4) is 0 Å². The van der Waals surface area contributed by atoms with Crippen LogP contribution in [0.15, 0.2) is 46.2 Å². The summed E-state index contributed by atoms with van der Waals surface area (Å²) >= 11 is 8.76. The second-order valence-corrected chi connectivity index (χ2v) is 5.31. The molecule has 0 aliphatic rings. The Morgan fingerprint density at radius 3 is 2.09 bits per heavy atom. The maximum atomic E-state index is 12.0. The molecule has 2 aromatic rings. The Labute approximate surface area is 139 Å². The lowest BCUT2D eigenvalue weighted by molar-refractivity contribution is 0.0590. The molecule has 0 aromatic heterocycles. The number of hydrogen-bond acceptors (Lipinski definition) is 6. The molecule has 2 rings (SSSR count). The summed E-state index contributed by atoms with van der Waals surface area (Å²) in [7, 11) is 2.60. The van der Waals surface area contributed by atoms with Crippen LogP contribution in [-0.2, 0) is 9.47 Å². The summed E-state index contributed by atoms with van der Waals surface area (Å²) in [6, 6.07) is 10.1. The average Bonchev–Trinajstić information content (AvgIpc) is 2.55. The highest BCUT2D eigenvalue weighted by Gasteiger charge is 2.22. The first kappa shape index (κ1) is 16.5. The SMILES string of the molecule is COC(=O)c1ccccc1-c1c(C(=O)OC)ccc(S)c1S. The Kier molecular flexibility index (Phi) is 5.15. The molecule has 0 saturated heterocycles. The van der Waals surface area contributed by atoms with E-state index in [1.54, 1.807) is 36.4 Å². The number of benzene rings is 2. The number of esters is 2. The van der Waals surface area contributed by atoms with Crippen molar-refractivity contribution in [2.24, 2.45) is 0 Å². The van der Waals surface area contributed by atoms with E-state index in [4.69, 9.17) is 9.47 Å². The zero-order valence-electron chi connectivity index (χ0n) is 12.0. The van der Waals surface area contributed by atoms with E-state index >= 15 is 0 Å². The van der Waals surface area contributed by atoms with E-state index in [0.717, 1.165) is 0 Å². The Bertz CT molecular complexity index is 741. The average molecular weight is 334 g/mol. The third-order valence-electron chi connectivity index (χ3n) is 3.16. The van der Waals surface area contributed by atoms with Gasteiger partial charge in [-0.05, 0) is 23.8 Å². The van der Waals surface area contributed by atoms with E-state index in [9.17, 15) is 9.59 Å². The number of hydrogen-bond donors (Lipinski definition) is 2. The van der Waals surface area contributed by atoms with Crippen molar-refractivity contribution in [2.75, 3.05) is 14.2 Å². The van der Waals surface area contributed by atoms with Crippen molar-refractivity contribution < 1.29 is 19.1 Å². The molecule has 0 aliphatic heterocycles. The maximum absolute atomic E-state index is 12.0. The molecule has 0 bridgehead atoms. The van der Waals surface area contributed by atoms with Crippen LogP contribution in [-0.4, -0.2) is 26.2 Å². The molecular weight excluding hydrogens is 320 g/mol. The van der Waals surface area contributed by atoms with Gasteiger partial charge in [-0.3, -0.25) is 0 Å².